The van der Waals surface area contributed by atoms with Crippen LogP contribution in [0.4, 0.5) is 0 Å². The van der Waals surface area contributed by atoms with Crippen molar-refractivity contribution in [3.63, 3.8) is 0 Å². The van der Waals surface area contributed by atoms with Crippen molar-refractivity contribution in [1.82, 2.24) is 15.5 Å². The van der Waals surface area contributed by atoms with Crippen LogP contribution in [-0.2, 0) is 11.3 Å². The monoisotopic (exact) mass is 210 g/mol. The van der Waals surface area contributed by atoms with Gasteiger partial charge in [-0.25, -0.2) is 0 Å². The highest BCUT2D eigenvalue weighted by Crippen LogP contribution is 2.01. The van der Waals surface area contributed by atoms with Crippen LogP contribution in [-0.4, -0.2) is 22.1 Å². The standard InChI is InChI=1S/C10H18N4O/c1-7(11)3-4-10(15)12-5-9-6-13-14-8(9)2/h6-7H,3-5,11H2,1-2H3,(H,12,15)(H,13,14). The molecule has 1 aromatic rings. The Balaban J connectivity index is 2.26. The molecule has 1 heterocycles. The van der Waals surface area contributed by atoms with Crippen LogP contribution >= 0.6 is 0 Å². The molecule has 1 unspecified atom stereocenters. The van der Waals surface area contributed by atoms with Crippen LogP contribution in [0.2, 0.25) is 0 Å². The number of carbonyl (C=O) groups excluding carboxylic acids is 1. The predicted molar refractivity (Wildman–Crippen MR) is 58.1 cm³/mol. The summed E-state index contributed by atoms with van der Waals surface area (Å²) in [5.41, 5.74) is 7.57. The first-order valence-corrected chi connectivity index (χ1v) is 5.10. The predicted octanol–water partition coefficient (Wildman–Crippen LogP) is 0.462. The Labute approximate surface area is 89.4 Å². The Morgan fingerprint density at radius 1 is 1.73 bits per heavy atom. The maximum absolute atomic E-state index is 11.4. The number of aromatic amines is 1. The molecule has 1 aromatic heterocycles. The summed E-state index contributed by atoms with van der Waals surface area (Å²) >= 11 is 0. The first-order chi connectivity index (χ1) is 7.09. The van der Waals surface area contributed by atoms with Crippen molar-refractivity contribution in [3.05, 3.63) is 17.5 Å². The zero-order valence-corrected chi connectivity index (χ0v) is 9.21. The minimum absolute atomic E-state index is 0.0351. The Bertz CT molecular complexity index is 319. The lowest BCUT2D eigenvalue weighted by molar-refractivity contribution is -0.121. The van der Waals surface area contributed by atoms with E-state index < -0.39 is 0 Å². The average molecular weight is 210 g/mol. The summed E-state index contributed by atoms with van der Waals surface area (Å²) in [4.78, 5) is 11.4. The van der Waals surface area contributed by atoms with Gasteiger partial charge in [-0.1, -0.05) is 0 Å². The molecule has 0 radical (unpaired) electrons. The van der Waals surface area contributed by atoms with Gasteiger partial charge >= 0.3 is 0 Å². The first kappa shape index (κ1) is 11.7. The number of nitrogens with one attached hydrogen (secondary N) is 2. The Morgan fingerprint density at radius 3 is 3.00 bits per heavy atom. The molecule has 0 spiro atoms. The van der Waals surface area contributed by atoms with Gasteiger partial charge in [0.05, 0.1) is 6.20 Å². The number of nitrogens with zero attached hydrogens (tertiary/aromatic N) is 1. The topological polar surface area (TPSA) is 83.8 Å². The van der Waals surface area contributed by atoms with Gasteiger partial charge in [-0.15, -0.1) is 0 Å². The molecule has 1 atom stereocenters. The van der Waals surface area contributed by atoms with Crippen molar-refractivity contribution in [3.8, 4) is 0 Å². The van der Waals surface area contributed by atoms with Crippen molar-refractivity contribution in [2.45, 2.75) is 39.3 Å². The van der Waals surface area contributed by atoms with Gasteiger partial charge in [0.25, 0.3) is 0 Å². The van der Waals surface area contributed by atoms with E-state index in [9.17, 15) is 4.79 Å². The van der Waals surface area contributed by atoms with Gasteiger partial charge in [-0.2, -0.15) is 5.10 Å². The summed E-state index contributed by atoms with van der Waals surface area (Å²) < 4.78 is 0. The molecule has 0 aliphatic carbocycles. The largest absolute Gasteiger partial charge is 0.352 e. The second-order valence-corrected chi connectivity index (χ2v) is 3.81. The van der Waals surface area contributed by atoms with E-state index in [0.29, 0.717) is 13.0 Å². The molecule has 0 aliphatic rings. The SMILES string of the molecule is Cc1[nH]ncc1CNC(=O)CCC(C)N. The third-order valence-electron chi connectivity index (χ3n) is 2.24. The van der Waals surface area contributed by atoms with Gasteiger partial charge < -0.3 is 11.1 Å². The van der Waals surface area contributed by atoms with Crippen molar-refractivity contribution in [1.29, 1.82) is 0 Å². The molecule has 0 saturated carbocycles. The Morgan fingerprint density at radius 2 is 2.47 bits per heavy atom. The van der Waals surface area contributed by atoms with Gasteiger partial charge in [0.2, 0.25) is 5.91 Å². The second kappa shape index (κ2) is 5.50. The molecule has 0 bridgehead atoms. The molecule has 4 N–H and O–H groups in total. The molecule has 1 rings (SSSR count). The van der Waals surface area contributed by atoms with Gasteiger partial charge in [-0.3, -0.25) is 9.89 Å². The normalized spacial score (nSPS) is 12.5. The van der Waals surface area contributed by atoms with Gasteiger partial charge in [0.1, 0.15) is 0 Å². The summed E-state index contributed by atoms with van der Waals surface area (Å²) in [6.07, 6.45) is 2.92. The molecule has 5 nitrogen and oxygen atoms in total. The molecule has 84 valence electrons. The van der Waals surface area contributed by atoms with Crippen LogP contribution in [0, 0.1) is 6.92 Å². The Kier molecular flexibility index (Phi) is 4.30. The lowest BCUT2D eigenvalue weighted by Crippen LogP contribution is -2.25. The van der Waals surface area contributed by atoms with E-state index in [1.165, 1.54) is 0 Å². The average Bonchev–Trinajstić information content (AvgIpc) is 2.58. The smallest absolute Gasteiger partial charge is 0.220 e. The molecule has 0 aromatic carbocycles. The fourth-order valence-electron chi connectivity index (χ4n) is 1.19. The number of H-pyrrole nitrogens is 1. The minimum Gasteiger partial charge on any atom is -0.352 e. The van der Waals surface area contributed by atoms with E-state index in [0.717, 1.165) is 17.7 Å². The lowest BCUT2D eigenvalue weighted by Gasteiger charge is -2.06. The van der Waals surface area contributed by atoms with Crippen LogP contribution < -0.4 is 11.1 Å². The van der Waals surface area contributed by atoms with E-state index in [1.807, 2.05) is 13.8 Å². The van der Waals surface area contributed by atoms with Crippen LogP contribution in [0.15, 0.2) is 6.20 Å². The molecule has 5 heteroatoms. The maximum atomic E-state index is 11.4. The zero-order valence-electron chi connectivity index (χ0n) is 9.21. The van der Waals surface area contributed by atoms with E-state index in [1.54, 1.807) is 6.20 Å². The highest BCUT2D eigenvalue weighted by molar-refractivity contribution is 5.75. The number of carbonyl (C=O) groups is 1. The summed E-state index contributed by atoms with van der Waals surface area (Å²) in [7, 11) is 0. The third kappa shape index (κ3) is 4.12. The number of nitrogens with two attached hydrogens (primary N) is 1. The number of rotatable bonds is 5. The van der Waals surface area contributed by atoms with Gasteiger partial charge in [-0.05, 0) is 20.3 Å². The molecule has 0 saturated heterocycles. The van der Waals surface area contributed by atoms with Crippen molar-refractivity contribution >= 4 is 5.91 Å². The zero-order chi connectivity index (χ0) is 11.3. The van der Waals surface area contributed by atoms with Crippen molar-refractivity contribution in [2.75, 3.05) is 0 Å². The van der Waals surface area contributed by atoms with Crippen LogP contribution in [0.5, 0.6) is 0 Å². The molecular weight excluding hydrogens is 192 g/mol. The summed E-state index contributed by atoms with van der Waals surface area (Å²) in [5.74, 6) is 0.0351. The number of hydrogen-bond acceptors (Lipinski definition) is 3. The van der Waals surface area contributed by atoms with Crippen LogP contribution in [0.25, 0.3) is 0 Å². The van der Waals surface area contributed by atoms with E-state index in [-0.39, 0.29) is 11.9 Å². The van der Waals surface area contributed by atoms with Gasteiger partial charge in [0, 0.05) is 30.3 Å². The molecule has 0 aliphatic heterocycles. The highest BCUT2D eigenvalue weighted by Gasteiger charge is 2.05. The second-order valence-electron chi connectivity index (χ2n) is 3.81. The summed E-state index contributed by atoms with van der Waals surface area (Å²) in [5, 5.41) is 9.53. The lowest BCUT2D eigenvalue weighted by atomic mass is 10.2. The van der Waals surface area contributed by atoms with Crippen LogP contribution in [0.3, 0.4) is 0 Å². The number of aryl methyl sites for hydroxylation is 1. The quantitative estimate of drug-likeness (QED) is 0.660. The van der Waals surface area contributed by atoms with Crippen LogP contribution in [0.1, 0.15) is 31.0 Å². The maximum Gasteiger partial charge on any atom is 0.220 e. The summed E-state index contributed by atoms with van der Waals surface area (Å²) in [6, 6.07) is 0.0754. The number of aromatic nitrogens is 2. The van der Waals surface area contributed by atoms with E-state index >= 15 is 0 Å². The summed E-state index contributed by atoms with van der Waals surface area (Å²) in [6.45, 7) is 4.35. The fourth-order valence-corrected chi connectivity index (χ4v) is 1.19. The third-order valence-corrected chi connectivity index (χ3v) is 2.24. The van der Waals surface area contributed by atoms with Crippen molar-refractivity contribution < 1.29 is 4.79 Å². The number of hydrogen-bond donors (Lipinski definition) is 3. The number of amides is 1. The molecule has 15 heavy (non-hydrogen) atoms. The minimum atomic E-state index is 0.0351. The van der Waals surface area contributed by atoms with Gasteiger partial charge in [0.15, 0.2) is 0 Å². The molecule has 0 fully saturated rings. The van der Waals surface area contributed by atoms with E-state index in [2.05, 4.69) is 15.5 Å². The first-order valence-electron chi connectivity index (χ1n) is 5.10. The van der Waals surface area contributed by atoms with E-state index in [4.69, 9.17) is 5.73 Å². The Hall–Kier alpha value is -1.36. The fraction of sp³-hybridized carbons (Fsp3) is 0.600. The molecule has 1 amide bonds. The molecular formula is C10H18N4O. The van der Waals surface area contributed by atoms with Crippen molar-refractivity contribution in [2.24, 2.45) is 5.73 Å². The highest BCUT2D eigenvalue weighted by atomic mass is 16.1.